The number of carbonyl (C=O) groups is 2. The number of ketones is 1. The van der Waals surface area contributed by atoms with Crippen LogP contribution in [0.1, 0.15) is 65.7 Å². The Kier molecular flexibility index (Phi) is 3.80. The molecule has 0 spiro atoms. The van der Waals surface area contributed by atoms with Gasteiger partial charge in [0, 0.05) is 18.4 Å². The molecular weight excluding hydrogens is 312 g/mol. The van der Waals surface area contributed by atoms with Crippen LogP contribution in [0, 0.1) is 51.8 Å². The van der Waals surface area contributed by atoms with Crippen LogP contribution in [0.4, 0.5) is 0 Å². The van der Waals surface area contributed by atoms with Crippen molar-refractivity contribution in [1.82, 2.24) is 5.32 Å². The van der Waals surface area contributed by atoms with Crippen LogP contribution < -0.4 is 5.32 Å². The van der Waals surface area contributed by atoms with Crippen LogP contribution in [0.2, 0.25) is 0 Å². The first-order valence-electron chi connectivity index (χ1n) is 10.0. The van der Waals surface area contributed by atoms with Gasteiger partial charge in [0.15, 0.2) is 0 Å². The summed E-state index contributed by atoms with van der Waals surface area (Å²) in [5, 5.41) is 12.9. The summed E-state index contributed by atoms with van der Waals surface area (Å²) < 4.78 is 0. The zero-order valence-electron chi connectivity index (χ0n) is 15.7. The van der Waals surface area contributed by atoms with E-state index in [1.54, 1.807) is 6.92 Å². The van der Waals surface area contributed by atoms with Crippen LogP contribution in [0.5, 0.6) is 0 Å². The normalized spacial score (nSPS) is 51.5. The maximum atomic E-state index is 12.4. The second kappa shape index (κ2) is 5.56. The van der Waals surface area contributed by atoms with Gasteiger partial charge in [0.05, 0.1) is 12.0 Å². The minimum atomic E-state index is -0.108. The van der Waals surface area contributed by atoms with Crippen LogP contribution in [-0.4, -0.2) is 17.7 Å². The highest BCUT2D eigenvalue weighted by molar-refractivity contribution is 5.80. The molecule has 25 heavy (non-hydrogen) atoms. The summed E-state index contributed by atoms with van der Waals surface area (Å²) in [6, 6.07) is 2.78. The fourth-order valence-corrected chi connectivity index (χ4v) is 7.62. The SMILES string of the molecule is CC(=O)[C@H]1[C@H](C#N)C[C@H]2[C@@H]3CC[C@H]4NC(=O)CC[C@]4(C)[C@H]3CC[C@@]21C. The Morgan fingerprint density at radius 2 is 1.92 bits per heavy atom. The Balaban J connectivity index is 1.67. The first kappa shape index (κ1) is 17.1. The van der Waals surface area contributed by atoms with Gasteiger partial charge in [0.1, 0.15) is 5.78 Å². The third-order valence-electron chi connectivity index (χ3n) is 8.76. The van der Waals surface area contributed by atoms with Crippen LogP contribution in [0.25, 0.3) is 0 Å². The largest absolute Gasteiger partial charge is 0.353 e. The molecule has 0 aromatic carbocycles. The Morgan fingerprint density at radius 3 is 2.60 bits per heavy atom. The molecule has 0 radical (unpaired) electrons. The van der Waals surface area contributed by atoms with Crippen LogP contribution in [0.15, 0.2) is 0 Å². The van der Waals surface area contributed by atoms with E-state index in [-0.39, 0.29) is 34.4 Å². The Morgan fingerprint density at radius 1 is 1.16 bits per heavy atom. The van der Waals surface area contributed by atoms with Crippen molar-refractivity contribution in [3.05, 3.63) is 0 Å². The molecule has 8 atom stereocenters. The molecule has 1 heterocycles. The molecule has 1 saturated heterocycles. The molecule has 0 aromatic heterocycles. The number of nitriles is 1. The van der Waals surface area contributed by atoms with Gasteiger partial charge in [0.2, 0.25) is 5.91 Å². The number of piperidine rings is 1. The zero-order chi connectivity index (χ0) is 18.0. The number of nitrogens with zero attached hydrogens (tertiary/aromatic N) is 1. The van der Waals surface area contributed by atoms with E-state index in [1.807, 2.05) is 0 Å². The molecule has 4 fully saturated rings. The summed E-state index contributed by atoms with van der Waals surface area (Å²) in [5.41, 5.74) is 0.184. The topological polar surface area (TPSA) is 70.0 Å². The summed E-state index contributed by atoms with van der Waals surface area (Å²) in [5.74, 6) is 1.94. The second-order valence-corrected chi connectivity index (χ2v) is 9.68. The third kappa shape index (κ3) is 2.24. The molecule has 4 nitrogen and oxygen atoms in total. The maximum absolute atomic E-state index is 12.4. The lowest BCUT2D eigenvalue weighted by atomic mass is 9.47. The predicted octanol–water partition coefficient (Wildman–Crippen LogP) is 3.46. The van der Waals surface area contributed by atoms with Crippen molar-refractivity contribution < 1.29 is 9.59 Å². The van der Waals surface area contributed by atoms with E-state index in [2.05, 4.69) is 25.2 Å². The molecule has 1 amide bonds. The summed E-state index contributed by atoms with van der Waals surface area (Å²) in [6.45, 7) is 6.35. The second-order valence-electron chi connectivity index (χ2n) is 9.68. The highest BCUT2D eigenvalue weighted by Gasteiger charge is 2.63. The minimum absolute atomic E-state index is 0.00545. The predicted molar refractivity (Wildman–Crippen MR) is 94.2 cm³/mol. The van der Waals surface area contributed by atoms with Crippen LogP contribution in [0.3, 0.4) is 0 Å². The van der Waals surface area contributed by atoms with Crippen LogP contribution >= 0.6 is 0 Å². The number of carbonyl (C=O) groups excluding carboxylic acids is 2. The van der Waals surface area contributed by atoms with E-state index in [1.165, 1.54) is 0 Å². The first-order valence-corrected chi connectivity index (χ1v) is 10.0. The van der Waals surface area contributed by atoms with Crippen molar-refractivity contribution in [2.75, 3.05) is 0 Å². The molecule has 4 heteroatoms. The van der Waals surface area contributed by atoms with Crippen molar-refractivity contribution in [2.24, 2.45) is 40.4 Å². The number of amides is 1. The van der Waals surface area contributed by atoms with Crippen LogP contribution in [-0.2, 0) is 9.59 Å². The molecular formula is C21H30N2O2. The van der Waals surface area contributed by atoms with Crippen molar-refractivity contribution in [3.8, 4) is 6.07 Å². The van der Waals surface area contributed by atoms with E-state index in [0.717, 1.165) is 38.5 Å². The number of hydrogen-bond donors (Lipinski definition) is 1. The molecule has 3 aliphatic carbocycles. The minimum Gasteiger partial charge on any atom is -0.353 e. The van der Waals surface area contributed by atoms with Gasteiger partial charge in [-0.2, -0.15) is 5.26 Å². The smallest absolute Gasteiger partial charge is 0.220 e. The third-order valence-corrected chi connectivity index (χ3v) is 8.76. The van der Waals surface area contributed by atoms with E-state index < -0.39 is 0 Å². The van der Waals surface area contributed by atoms with Crippen molar-refractivity contribution in [1.29, 1.82) is 5.26 Å². The quantitative estimate of drug-likeness (QED) is 0.793. The molecule has 4 aliphatic rings. The van der Waals surface area contributed by atoms with E-state index in [9.17, 15) is 14.9 Å². The standard InChI is InChI=1S/C21H30N2O2/c1-12(24)19-13(11-22)10-16-14-4-5-17-20(2,9-7-18(25)23-17)15(14)6-8-21(16,19)3/h13-17,19H,4-10H2,1-3H3,(H,23,25)/t13-,14+,15-,16-,17+,19-,20+,21-/m0/s1. The molecule has 3 saturated carbocycles. The van der Waals surface area contributed by atoms with Crippen molar-refractivity contribution in [3.63, 3.8) is 0 Å². The first-order chi connectivity index (χ1) is 11.8. The molecule has 0 bridgehead atoms. The van der Waals surface area contributed by atoms with Gasteiger partial charge < -0.3 is 5.32 Å². The molecule has 0 aromatic rings. The molecule has 0 unspecified atom stereocenters. The summed E-state index contributed by atoms with van der Waals surface area (Å²) in [4.78, 5) is 24.2. The van der Waals surface area contributed by atoms with E-state index in [0.29, 0.717) is 30.2 Å². The van der Waals surface area contributed by atoms with Gasteiger partial charge in [0.25, 0.3) is 0 Å². The highest BCUT2D eigenvalue weighted by Crippen LogP contribution is 2.66. The van der Waals surface area contributed by atoms with Gasteiger partial charge in [-0.25, -0.2) is 0 Å². The number of hydrogen-bond acceptors (Lipinski definition) is 3. The number of Topliss-reactive ketones (excluding diaryl/α,β-unsaturated/α-hetero) is 1. The highest BCUT2D eigenvalue weighted by atomic mass is 16.1. The molecule has 1 N–H and O–H groups in total. The van der Waals surface area contributed by atoms with E-state index in [4.69, 9.17) is 0 Å². The Hall–Kier alpha value is -1.37. The fourth-order valence-electron chi connectivity index (χ4n) is 7.62. The molecule has 136 valence electrons. The molecule has 1 aliphatic heterocycles. The monoisotopic (exact) mass is 342 g/mol. The summed E-state index contributed by atoms with van der Waals surface area (Å²) >= 11 is 0. The maximum Gasteiger partial charge on any atom is 0.220 e. The average molecular weight is 342 g/mol. The lowest BCUT2D eigenvalue weighted by Crippen LogP contribution is -2.61. The van der Waals surface area contributed by atoms with Gasteiger partial charge in [-0.05, 0) is 74.0 Å². The average Bonchev–Trinajstić information content (AvgIpc) is 2.88. The number of fused-ring (bicyclic) bond motifs is 5. The van der Waals surface area contributed by atoms with Gasteiger partial charge in [-0.3, -0.25) is 9.59 Å². The number of rotatable bonds is 1. The Bertz CT molecular complexity index is 653. The number of nitrogens with one attached hydrogen (secondary N) is 1. The Labute approximate surface area is 150 Å². The zero-order valence-corrected chi connectivity index (χ0v) is 15.7. The van der Waals surface area contributed by atoms with E-state index >= 15 is 0 Å². The lowest BCUT2D eigenvalue weighted by Gasteiger charge is -2.60. The van der Waals surface area contributed by atoms with Crippen molar-refractivity contribution in [2.45, 2.75) is 71.8 Å². The van der Waals surface area contributed by atoms with Gasteiger partial charge in [-0.1, -0.05) is 13.8 Å². The fraction of sp³-hybridized carbons (Fsp3) is 0.857. The summed E-state index contributed by atoms with van der Waals surface area (Å²) in [7, 11) is 0. The molecule has 4 rings (SSSR count). The lowest BCUT2D eigenvalue weighted by molar-refractivity contribution is -0.140. The van der Waals surface area contributed by atoms with Gasteiger partial charge >= 0.3 is 0 Å². The van der Waals surface area contributed by atoms with Crippen molar-refractivity contribution >= 4 is 11.7 Å². The van der Waals surface area contributed by atoms with Gasteiger partial charge in [-0.15, -0.1) is 0 Å². The summed E-state index contributed by atoms with van der Waals surface area (Å²) in [6.07, 6.45) is 6.92.